The molecule has 1 aliphatic rings. The summed E-state index contributed by atoms with van der Waals surface area (Å²) in [6, 6.07) is 11.3. The SMILES string of the molecule is Cc1cc(CN2CC(CN)CCC2C)c2ccccc2n1. The third kappa shape index (κ3) is 3.09. The van der Waals surface area contributed by atoms with Crippen LogP contribution in [0.1, 0.15) is 31.0 Å². The molecular weight excluding hydrogens is 258 g/mol. The van der Waals surface area contributed by atoms with Crippen molar-refractivity contribution >= 4 is 10.9 Å². The van der Waals surface area contributed by atoms with Gasteiger partial charge in [0.1, 0.15) is 0 Å². The Hall–Kier alpha value is -1.45. The molecule has 0 spiro atoms. The summed E-state index contributed by atoms with van der Waals surface area (Å²) in [4.78, 5) is 7.23. The molecule has 21 heavy (non-hydrogen) atoms. The summed E-state index contributed by atoms with van der Waals surface area (Å²) in [5.41, 5.74) is 9.48. The van der Waals surface area contributed by atoms with Gasteiger partial charge >= 0.3 is 0 Å². The first-order valence-corrected chi connectivity index (χ1v) is 7.96. The molecule has 0 saturated carbocycles. The lowest BCUT2D eigenvalue weighted by Crippen LogP contribution is -2.43. The van der Waals surface area contributed by atoms with E-state index in [0.29, 0.717) is 12.0 Å². The average Bonchev–Trinajstić information content (AvgIpc) is 2.49. The van der Waals surface area contributed by atoms with E-state index in [4.69, 9.17) is 5.73 Å². The molecule has 0 bridgehead atoms. The largest absolute Gasteiger partial charge is 0.330 e. The lowest BCUT2D eigenvalue weighted by molar-refractivity contribution is 0.114. The summed E-state index contributed by atoms with van der Waals surface area (Å²) in [6.07, 6.45) is 2.52. The quantitative estimate of drug-likeness (QED) is 0.941. The fourth-order valence-corrected chi connectivity index (χ4v) is 3.42. The van der Waals surface area contributed by atoms with Gasteiger partial charge in [-0.25, -0.2) is 0 Å². The van der Waals surface area contributed by atoms with Crippen molar-refractivity contribution in [2.45, 2.75) is 39.3 Å². The van der Waals surface area contributed by atoms with E-state index in [-0.39, 0.29) is 0 Å². The molecule has 1 saturated heterocycles. The summed E-state index contributed by atoms with van der Waals surface area (Å²) < 4.78 is 0. The van der Waals surface area contributed by atoms with E-state index in [1.165, 1.54) is 23.8 Å². The number of hydrogen-bond donors (Lipinski definition) is 1. The van der Waals surface area contributed by atoms with Gasteiger partial charge in [-0.15, -0.1) is 0 Å². The molecule has 1 aliphatic heterocycles. The first kappa shape index (κ1) is 14.5. The van der Waals surface area contributed by atoms with E-state index in [9.17, 15) is 0 Å². The second-order valence-corrected chi connectivity index (χ2v) is 6.40. The van der Waals surface area contributed by atoms with E-state index in [1.54, 1.807) is 0 Å². The summed E-state index contributed by atoms with van der Waals surface area (Å²) in [6.45, 7) is 7.34. The van der Waals surface area contributed by atoms with Crippen LogP contribution in [0.3, 0.4) is 0 Å². The van der Waals surface area contributed by atoms with E-state index in [0.717, 1.165) is 30.8 Å². The van der Waals surface area contributed by atoms with Crippen LogP contribution in [0.25, 0.3) is 10.9 Å². The van der Waals surface area contributed by atoms with Crippen molar-refractivity contribution in [3.63, 3.8) is 0 Å². The molecule has 3 heteroatoms. The van der Waals surface area contributed by atoms with Crippen LogP contribution in [-0.2, 0) is 6.54 Å². The summed E-state index contributed by atoms with van der Waals surface area (Å²) in [5, 5.41) is 1.28. The zero-order chi connectivity index (χ0) is 14.8. The molecule has 2 unspecified atom stereocenters. The zero-order valence-corrected chi connectivity index (χ0v) is 13.0. The zero-order valence-electron chi connectivity index (χ0n) is 13.0. The molecule has 0 radical (unpaired) electrons. The molecule has 1 aromatic carbocycles. The van der Waals surface area contributed by atoms with Gasteiger partial charge in [-0.1, -0.05) is 18.2 Å². The maximum absolute atomic E-state index is 5.88. The van der Waals surface area contributed by atoms with Gasteiger partial charge in [0.25, 0.3) is 0 Å². The normalized spacial score (nSPS) is 23.6. The second-order valence-electron chi connectivity index (χ2n) is 6.40. The highest BCUT2D eigenvalue weighted by molar-refractivity contribution is 5.82. The predicted molar refractivity (Wildman–Crippen MR) is 88.1 cm³/mol. The molecule has 3 rings (SSSR count). The maximum Gasteiger partial charge on any atom is 0.0708 e. The highest BCUT2D eigenvalue weighted by atomic mass is 15.2. The fourth-order valence-electron chi connectivity index (χ4n) is 3.42. The third-order valence-electron chi connectivity index (χ3n) is 4.75. The highest BCUT2D eigenvalue weighted by Crippen LogP contribution is 2.26. The number of aromatic nitrogens is 1. The van der Waals surface area contributed by atoms with Crippen LogP contribution >= 0.6 is 0 Å². The number of piperidine rings is 1. The summed E-state index contributed by atoms with van der Waals surface area (Å²) in [5.74, 6) is 0.649. The number of hydrogen-bond acceptors (Lipinski definition) is 3. The van der Waals surface area contributed by atoms with Gasteiger partial charge in [0, 0.05) is 30.2 Å². The molecule has 2 aromatic rings. The van der Waals surface area contributed by atoms with Crippen LogP contribution < -0.4 is 5.73 Å². The van der Waals surface area contributed by atoms with Crippen LogP contribution in [0.5, 0.6) is 0 Å². The van der Waals surface area contributed by atoms with Crippen molar-refractivity contribution in [1.82, 2.24) is 9.88 Å². The van der Waals surface area contributed by atoms with Gasteiger partial charge < -0.3 is 5.73 Å². The van der Waals surface area contributed by atoms with Gasteiger partial charge in [-0.3, -0.25) is 9.88 Å². The standard InChI is InChI=1S/C18H25N3/c1-13-9-16(17-5-3-4-6-18(17)20-13)12-21-11-15(10-19)8-7-14(21)2/h3-6,9,14-15H,7-8,10-12,19H2,1-2H3. The molecule has 2 atom stereocenters. The second kappa shape index (κ2) is 6.12. The molecule has 1 fully saturated rings. The van der Waals surface area contributed by atoms with Crippen molar-refractivity contribution in [2.75, 3.05) is 13.1 Å². The Morgan fingerprint density at radius 2 is 2.10 bits per heavy atom. The van der Waals surface area contributed by atoms with Crippen molar-refractivity contribution in [2.24, 2.45) is 11.7 Å². The molecule has 1 aromatic heterocycles. The molecule has 0 amide bonds. The summed E-state index contributed by atoms with van der Waals surface area (Å²) in [7, 11) is 0. The molecule has 0 aliphatic carbocycles. The Kier molecular flexibility index (Phi) is 4.22. The smallest absolute Gasteiger partial charge is 0.0708 e. The number of aryl methyl sites for hydroxylation is 1. The van der Waals surface area contributed by atoms with Crippen LogP contribution in [0.4, 0.5) is 0 Å². The highest BCUT2D eigenvalue weighted by Gasteiger charge is 2.25. The van der Waals surface area contributed by atoms with Gasteiger partial charge in [-0.2, -0.15) is 0 Å². The van der Waals surface area contributed by atoms with Gasteiger partial charge in [-0.05, 0) is 56.8 Å². The first-order valence-electron chi connectivity index (χ1n) is 7.96. The molecule has 3 nitrogen and oxygen atoms in total. The molecule has 112 valence electrons. The third-order valence-corrected chi connectivity index (χ3v) is 4.75. The van der Waals surface area contributed by atoms with E-state index >= 15 is 0 Å². The number of pyridine rings is 1. The number of likely N-dealkylation sites (tertiary alicyclic amines) is 1. The van der Waals surface area contributed by atoms with Gasteiger partial charge in [0.2, 0.25) is 0 Å². The summed E-state index contributed by atoms with van der Waals surface area (Å²) >= 11 is 0. The van der Waals surface area contributed by atoms with E-state index < -0.39 is 0 Å². The Balaban J connectivity index is 1.90. The minimum Gasteiger partial charge on any atom is -0.330 e. The van der Waals surface area contributed by atoms with Gasteiger partial charge in [0.05, 0.1) is 5.52 Å². The van der Waals surface area contributed by atoms with Crippen molar-refractivity contribution in [3.05, 3.63) is 41.6 Å². The average molecular weight is 283 g/mol. The van der Waals surface area contributed by atoms with E-state index in [2.05, 4.69) is 54.1 Å². The molecular formula is C18H25N3. The van der Waals surface area contributed by atoms with E-state index in [1.807, 2.05) is 0 Å². The van der Waals surface area contributed by atoms with Crippen LogP contribution in [0, 0.1) is 12.8 Å². The Morgan fingerprint density at radius 3 is 2.90 bits per heavy atom. The minimum absolute atomic E-state index is 0.639. The van der Waals surface area contributed by atoms with Crippen molar-refractivity contribution in [1.29, 1.82) is 0 Å². The fraction of sp³-hybridized carbons (Fsp3) is 0.500. The minimum atomic E-state index is 0.639. The maximum atomic E-state index is 5.88. The Bertz CT molecular complexity index is 623. The monoisotopic (exact) mass is 283 g/mol. The Labute approximate surface area is 127 Å². The lowest BCUT2D eigenvalue weighted by atomic mass is 9.93. The number of fused-ring (bicyclic) bond motifs is 1. The number of benzene rings is 1. The molecule has 2 N–H and O–H groups in total. The first-order chi connectivity index (χ1) is 10.2. The van der Waals surface area contributed by atoms with Crippen LogP contribution in [-0.4, -0.2) is 29.0 Å². The van der Waals surface area contributed by atoms with Crippen LogP contribution in [0.2, 0.25) is 0 Å². The molecule has 2 heterocycles. The number of nitrogens with two attached hydrogens (primary N) is 1. The number of rotatable bonds is 3. The topological polar surface area (TPSA) is 42.1 Å². The van der Waals surface area contributed by atoms with Crippen LogP contribution in [0.15, 0.2) is 30.3 Å². The number of nitrogens with zero attached hydrogens (tertiary/aromatic N) is 2. The van der Waals surface area contributed by atoms with Crippen molar-refractivity contribution < 1.29 is 0 Å². The predicted octanol–water partition coefficient (Wildman–Crippen LogP) is 3.10. The Morgan fingerprint density at radius 1 is 1.29 bits per heavy atom. The van der Waals surface area contributed by atoms with Crippen molar-refractivity contribution in [3.8, 4) is 0 Å². The van der Waals surface area contributed by atoms with Gasteiger partial charge in [0.15, 0.2) is 0 Å². The number of para-hydroxylation sites is 1. The lowest BCUT2D eigenvalue weighted by Gasteiger charge is -2.37.